The van der Waals surface area contributed by atoms with Crippen LogP contribution < -0.4 is 4.74 Å². The molecule has 6 heteroatoms. The maximum atomic E-state index is 13.2. The van der Waals surface area contributed by atoms with Crippen molar-refractivity contribution in [2.75, 3.05) is 6.61 Å². The maximum Gasteiger partial charge on any atom is 0.502 e. The quantitative estimate of drug-likeness (QED) is 0.784. The molecule has 0 heterocycles. The molecule has 0 amide bonds. The van der Waals surface area contributed by atoms with Crippen molar-refractivity contribution in [2.45, 2.75) is 20.0 Å². The molecule has 94 valence electrons. The first kappa shape index (κ1) is 13.7. The van der Waals surface area contributed by atoms with Gasteiger partial charge >= 0.3 is 12.1 Å². The predicted octanol–water partition coefficient (Wildman–Crippen LogP) is 3.18. The second-order valence-electron chi connectivity index (χ2n) is 3.25. The zero-order chi connectivity index (χ0) is 13.1. The van der Waals surface area contributed by atoms with E-state index in [1.165, 1.54) is 25.1 Å². The monoisotopic (exact) mass is 264 g/mol. The molecule has 1 rings (SSSR count). The second-order valence-corrected chi connectivity index (χ2v) is 3.66. The molecular formula is C11H11ClF2O3. The molecule has 0 aliphatic rings. The van der Waals surface area contributed by atoms with Crippen molar-refractivity contribution in [3.05, 3.63) is 28.8 Å². The van der Waals surface area contributed by atoms with Crippen molar-refractivity contribution >= 4 is 17.6 Å². The highest BCUT2D eigenvalue weighted by Gasteiger charge is 2.44. The SMILES string of the molecule is CCOC(=O)C(F)(F)Oc1ccc(Cl)c(C)c1. The summed E-state index contributed by atoms with van der Waals surface area (Å²) in [5.41, 5.74) is 0.573. The van der Waals surface area contributed by atoms with Crippen molar-refractivity contribution < 1.29 is 23.0 Å². The fourth-order valence-electron chi connectivity index (χ4n) is 1.09. The van der Waals surface area contributed by atoms with E-state index >= 15 is 0 Å². The minimum atomic E-state index is -4.00. The lowest BCUT2D eigenvalue weighted by Crippen LogP contribution is -2.36. The molecule has 17 heavy (non-hydrogen) atoms. The van der Waals surface area contributed by atoms with Crippen LogP contribution in [0.2, 0.25) is 5.02 Å². The third-order valence-electron chi connectivity index (χ3n) is 1.89. The summed E-state index contributed by atoms with van der Waals surface area (Å²) < 4.78 is 34.9. The molecule has 0 unspecified atom stereocenters. The minimum absolute atomic E-state index is 0.141. The molecular weight excluding hydrogens is 254 g/mol. The van der Waals surface area contributed by atoms with Crippen LogP contribution in [0.3, 0.4) is 0 Å². The standard InChI is InChI=1S/C11H11ClF2O3/c1-3-16-10(15)11(13,14)17-8-4-5-9(12)7(2)6-8/h4-6H,3H2,1-2H3. The average Bonchev–Trinajstić information content (AvgIpc) is 2.23. The number of carbonyl (C=O) groups is 1. The van der Waals surface area contributed by atoms with E-state index in [1.54, 1.807) is 6.92 Å². The topological polar surface area (TPSA) is 35.5 Å². The number of hydrogen-bond acceptors (Lipinski definition) is 3. The number of benzene rings is 1. The van der Waals surface area contributed by atoms with Crippen LogP contribution in [-0.4, -0.2) is 18.7 Å². The molecule has 0 saturated carbocycles. The number of aryl methyl sites for hydroxylation is 1. The third kappa shape index (κ3) is 3.56. The van der Waals surface area contributed by atoms with E-state index in [-0.39, 0.29) is 12.4 Å². The Bertz CT molecular complexity index is 421. The van der Waals surface area contributed by atoms with Gasteiger partial charge < -0.3 is 9.47 Å². The summed E-state index contributed by atoms with van der Waals surface area (Å²) in [7, 11) is 0. The molecule has 1 aromatic carbocycles. The molecule has 0 aliphatic heterocycles. The van der Waals surface area contributed by atoms with Gasteiger partial charge in [-0.15, -0.1) is 0 Å². The van der Waals surface area contributed by atoms with E-state index in [2.05, 4.69) is 9.47 Å². The molecule has 0 N–H and O–H groups in total. The largest absolute Gasteiger partial charge is 0.502 e. The number of halogens is 3. The van der Waals surface area contributed by atoms with Crippen molar-refractivity contribution in [3.8, 4) is 5.75 Å². The minimum Gasteiger partial charge on any atom is -0.459 e. The number of ether oxygens (including phenoxy) is 2. The van der Waals surface area contributed by atoms with E-state index in [0.717, 1.165) is 0 Å². The number of alkyl halides is 2. The van der Waals surface area contributed by atoms with Crippen molar-refractivity contribution in [1.82, 2.24) is 0 Å². The van der Waals surface area contributed by atoms with Gasteiger partial charge in [-0.2, -0.15) is 8.78 Å². The molecule has 0 atom stereocenters. The molecule has 0 fully saturated rings. The highest BCUT2D eigenvalue weighted by Crippen LogP contribution is 2.26. The number of carbonyl (C=O) groups excluding carboxylic acids is 1. The normalized spacial score (nSPS) is 11.1. The third-order valence-corrected chi connectivity index (χ3v) is 2.31. The molecule has 0 saturated heterocycles. The van der Waals surface area contributed by atoms with Gasteiger partial charge in [-0.05, 0) is 37.6 Å². The number of rotatable bonds is 4. The summed E-state index contributed by atoms with van der Waals surface area (Å²) in [4.78, 5) is 10.9. The molecule has 3 nitrogen and oxygen atoms in total. The van der Waals surface area contributed by atoms with Crippen LogP contribution >= 0.6 is 11.6 Å². The van der Waals surface area contributed by atoms with E-state index in [0.29, 0.717) is 10.6 Å². The smallest absolute Gasteiger partial charge is 0.459 e. The number of hydrogen-bond donors (Lipinski definition) is 0. The lowest BCUT2D eigenvalue weighted by molar-refractivity contribution is -0.216. The van der Waals surface area contributed by atoms with Crippen LogP contribution in [0.25, 0.3) is 0 Å². The molecule has 0 aliphatic carbocycles. The summed E-state index contributed by atoms with van der Waals surface area (Å²) in [6, 6.07) is 3.98. The van der Waals surface area contributed by atoms with Crippen LogP contribution in [-0.2, 0) is 9.53 Å². The zero-order valence-corrected chi connectivity index (χ0v) is 10.1. The van der Waals surface area contributed by atoms with Gasteiger partial charge in [0, 0.05) is 5.02 Å². The molecule has 0 spiro atoms. The highest BCUT2D eigenvalue weighted by molar-refractivity contribution is 6.31. The van der Waals surface area contributed by atoms with Gasteiger partial charge in [0.2, 0.25) is 0 Å². The maximum absolute atomic E-state index is 13.2. The highest BCUT2D eigenvalue weighted by atomic mass is 35.5. The number of esters is 1. The summed E-state index contributed by atoms with van der Waals surface area (Å²) in [5.74, 6) is -1.86. The summed E-state index contributed by atoms with van der Waals surface area (Å²) in [6.07, 6.45) is -4.00. The Kier molecular flexibility index (Phi) is 4.28. The van der Waals surface area contributed by atoms with Crippen LogP contribution in [0.4, 0.5) is 8.78 Å². The Morgan fingerprint density at radius 1 is 1.47 bits per heavy atom. The molecule has 0 bridgehead atoms. The van der Waals surface area contributed by atoms with Gasteiger partial charge in [-0.3, -0.25) is 0 Å². The Hall–Kier alpha value is -1.36. The fourth-order valence-corrected chi connectivity index (χ4v) is 1.20. The first-order valence-electron chi connectivity index (χ1n) is 4.87. The summed E-state index contributed by atoms with van der Waals surface area (Å²) >= 11 is 5.73. The first-order chi connectivity index (χ1) is 7.86. The van der Waals surface area contributed by atoms with Crippen LogP contribution in [0, 0.1) is 6.92 Å². The lowest BCUT2D eigenvalue weighted by Gasteiger charge is -2.16. The zero-order valence-electron chi connectivity index (χ0n) is 9.30. The van der Waals surface area contributed by atoms with Gasteiger partial charge in [0.25, 0.3) is 0 Å². The Morgan fingerprint density at radius 2 is 2.12 bits per heavy atom. The van der Waals surface area contributed by atoms with Crippen molar-refractivity contribution in [3.63, 3.8) is 0 Å². The van der Waals surface area contributed by atoms with Gasteiger partial charge in [0.05, 0.1) is 6.61 Å². The molecule has 0 aromatic heterocycles. The summed E-state index contributed by atoms with van der Waals surface area (Å²) in [6.45, 7) is 2.93. The van der Waals surface area contributed by atoms with Gasteiger partial charge in [0.1, 0.15) is 5.75 Å². The average molecular weight is 265 g/mol. The van der Waals surface area contributed by atoms with Gasteiger partial charge in [0.15, 0.2) is 0 Å². The molecule has 1 aromatic rings. The van der Waals surface area contributed by atoms with E-state index < -0.39 is 12.1 Å². The predicted molar refractivity (Wildman–Crippen MR) is 58.4 cm³/mol. The van der Waals surface area contributed by atoms with E-state index in [1.807, 2.05) is 0 Å². The Morgan fingerprint density at radius 3 is 2.65 bits per heavy atom. The lowest BCUT2D eigenvalue weighted by atomic mass is 10.2. The van der Waals surface area contributed by atoms with Crippen molar-refractivity contribution in [2.24, 2.45) is 0 Å². The van der Waals surface area contributed by atoms with Gasteiger partial charge in [-0.25, -0.2) is 4.79 Å². The van der Waals surface area contributed by atoms with Crippen molar-refractivity contribution in [1.29, 1.82) is 0 Å². The van der Waals surface area contributed by atoms with E-state index in [9.17, 15) is 13.6 Å². The van der Waals surface area contributed by atoms with Crippen LogP contribution in [0.1, 0.15) is 12.5 Å². The van der Waals surface area contributed by atoms with Crippen LogP contribution in [0.15, 0.2) is 18.2 Å². The second kappa shape index (κ2) is 5.31. The Labute approximate surface area is 102 Å². The van der Waals surface area contributed by atoms with Crippen LogP contribution in [0.5, 0.6) is 5.75 Å². The molecule has 0 radical (unpaired) electrons. The van der Waals surface area contributed by atoms with E-state index in [4.69, 9.17) is 11.6 Å². The Balaban J connectivity index is 2.82. The fraction of sp³-hybridized carbons (Fsp3) is 0.364. The van der Waals surface area contributed by atoms with Gasteiger partial charge in [-0.1, -0.05) is 11.6 Å². The first-order valence-corrected chi connectivity index (χ1v) is 5.25. The summed E-state index contributed by atoms with van der Waals surface area (Å²) in [5, 5.41) is 0.428.